The Kier molecular flexibility index (Phi) is 5.04. The molecule has 1 atom stereocenters. The first-order valence-corrected chi connectivity index (χ1v) is 10.5. The zero-order chi connectivity index (χ0) is 20.6. The van der Waals surface area contributed by atoms with Crippen molar-refractivity contribution >= 4 is 23.2 Å². The average Bonchev–Trinajstić information content (AvgIpc) is 3.26. The highest BCUT2D eigenvalue weighted by Gasteiger charge is 2.38. The first-order valence-electron chi connectivity index (χ1n) is 9.61. The van der Waals surface area contributed by atoms with Gasteiger partial charge in [0.05, 0.1) is 5.25 Å². The van der Waals surface area contributed by atoms with Crippen LogP contribution in [0.5, 0.6) is 0 Å². The standard InChI is InChI=1S/C23H24N4OS/c1-16(29-22-25-24-15-27(22)17-10-6-5-7-11-17)20(28)14-21-23(2,3)18-12-8-9-13-19(18)26(21)4/h5-16H,1-4H3. The lowest BCUT2D eigenvalue weighted by atomic mass is 9.83. The third-order valence-corrected chi connectivity index (χ3v) is 6.53. The van der Waals surface area contributed by atoms with Gasteiger partial charge in [0.2, 0.25) is 0 Å². The number of rotatable bonds is 5. The van der Waals surface area contributed by atoms with Crippen LogP contribution < -0.4 is 4.90 Å². The highest BCUT2D eigenvalue weighted by Crippen LogP contribution is 2.46. The monoisotopic (exact) mass is 404 g/mol. The molecule has 0 bridgehead atoms. The number of carbonyl (C=O) groups excluding carboxylic acids is 1. The maximum atomic E-state index is 13.1. The average molecular weight is 405 g/mol. The van der Waals surface area contributed by atoms with E-state index in [1.54, 1.807) is 12.4 Å². The van der Waals surface area contributed by atoms with E-state index in [2.05, 4.69) is 41.1 Å². The lowest BCUT2D eigenvalue weighted by Gasteiger charge is -2.24. The molecule has 0 amide bonds. The lowest BCUT2D eigenvalue weighted by molar-refractivity contribution is -0.114. The quantitative estimate of drug-likeness (QED) is 0.458. The number of carbonyl (C=O) groups is 1. The summed E-state index contributed by atoms with van der Waals surface area (Å²) in [6.07, 6.45) is 3.47. The number of hydrogen-bond acceptors (Lipinski definition) is 5. The molecular weight excluding hydrogens is 380 g/mol. The van der Waals surface area contributed by atoms with Gasteiger partial charge in [-0.3, -0.25) is 9.36 Å². The SMILES string of the molecule is CC(Sc1nncn1-c1ccccc1)C(=O)C=C1N(C)c2ccccc2C1(C)C. The summed E-state index contributed by atoms with van der Waals surface area (Å²) in [5.74, 6) is 0.0698. The summed E-state index contributed by atoms with van der Waals surface area (Å²) in [4.78, 5) is 15.2. The van der Waals surface area contributed by atoms with Gasteiger partial charge in [0.25, 0.3) is 0 Å². The predicted molar refractivity (Wildman–Crippen MR) is 118 cm³/mol. The van der Waals surface area contributed by atoms with E-state index in [4.69, 9.17) is 0 Å². The maximum Gasteiger partial charge on any atom is 0.196 e. The maximum absolute atomic E-state index is 13.1. The predicted octanol–water partition coefficient (Wildman–Crippen LogP) is 4.63. The molecule has 3 aromatic rings. The largest absolute Gasteiger partial charge is 0.347 e. The Hall–Kier alpha value is -2.86. The fourth-order valence-electron chi connectivity index (χ4n) is 3.80. The van der Waals surface area contributed by atoms with Crippen LogP contribution in [0.1, 0.15) is 26.3 Å². The number of anilines is 1. The summed E-state index contributed by atoms with van der Waals surface area (Å²) >= 11 is 1.43. The molecule has 0 radical (unpaired) electrons. The molecule has 0 aliphatic carbocycles. The van der Waals surface area contributed by atoms with E-state index in [0.717, 1.165) is 17.1 Å². The molecule has 148 valence electrons. The Balaban J connectivity index is 1.57. The Morgan fingerprint density at radius 2 is 1.79 bits per heavy atom. The van der Waals surface area contributed by atoms with Gasteiger partial charge in [-0.05, 0) is 30.7 Å². The van der Waals surface area contributed by atoms with Crippen LogP contribution in [0.4, 0.5) is 5.69 Å². The van der Waals surface area contributed by atoms with Crippen LogP contribution in [0.2, 0.25) is 0 Å². The second kappa shape index (κ2) is 7.52. The highest BCUT2D eigenvalue weighted by atomic mass is 32.2. The van der Waals surface area contributed by atoms with E-state index in [1.165, 1.54) is 17.3 Å². The molecule has 29 heavy (non-hydrogen) atoms. The van der Waals surface area contributed by atoms with Gasteiger partial charge in [-0.15, -0.1) is 10.2 Å². The number of ketones is 1. The van der Waals surface area contributed by atoms with Gasteiger partial charge in [-0.2, -0.15) is 0 Å². The molecule has 1 aliphatic rings. The molecular formula is C23H24N4OS. The number of hydrogen-bond donors (Lipinski definition) is 0. The zero-order valence-electron chi connectivity index (χ0n) is 17.0. The zero-order valence-corrected chi connectivity index (χ0v) is 17.9. The number of nitrogens with zero attached hydrogens (tertiary/aromatic N) is 4. The Morgan fingerprint density at radius 1 is 1.10 bits per heavy atom. The summed E-state index contributed by atoms with van der Waals surface area (Å²) in [6, 6.07) is 18.2. The molecule has 1 aliphatic heterocycles. The van der Waals surface area contributed by atoms with Gasteiger partial charge in [0.15, 0.2) is 10.9 Å². The first-order chi connectivity index (χ1) is 13.9. The van der Waals surface area contributed by atoms with Crippen molar-refractivity contribution in [2.75, 3.05) is 11.9 Å². The van der Waals surface area contributed by atoms with Gasteiger partial charge < -0.3 is 4.90 Å². The van der Waals surface area contributed by atoms with Crippen LogP contribution in [0.25, 0.3) is 5.69 Å². The second-order valence-electron chi connectivity index (χ2n) is 7.71. The molecule has 2 aromatic carbocycles. The molecule has 5 nitrogen and oxygen atoms in total. The van der Waals surface area contributed by atoms with Gasteiger partial charge in [-0.1, -0.05) is 62.0 Å². The lowest BCUT2D eigenvalue weighted by Crippen LogP contribution is -2.25. The summed E-state index contributed by atoms with van der Waals surface area (Å²) in [5.41, 5.74) is 4.17. The number of fused-ring (bicyclic) bond motifs is 1. The van der Waals surface area contributed by atoms with E-state index in [9.17, 15) is 4.79 Å². The minimum atomic E-state index is -0.276. The van der Waals surface area contributed by atoms with Crippen LogP contribution in [-0.2, 0) is 10.2 Å². The molecule has 0 N–H and O–H groups in total. The fraction of sp³-hybridized carbons (Fsp3) is 0.261. The summed E-state index contributed by atoms with van der Waals surface area (Å²) in [6.45, 7) is 6.25. The number of allylic oxidation sites excluding steroid dienone is 2. The molecule has 0 spiro atoms. The van der Waals surface area contributed by atoms with Crippen LogP contribution in [0.15, 0.2) is 77.9 Å². The van der Waals surface area contributed by atoms with E-state index in [0.29, 0.717) is 5.16 Å². The third-order valence-electron chi connectivity index (χ3n) is 5.45. The molecule has 6 heteroatoms. The summed E-state index contributed by atoms with van der Waals surface area (Å²) in [7, 11) is 2.02. The topological polar surface area (TPSA) is 51.0 Å². The van der Waals surface area contributed by atoms with Gasteiger partial charge >= 0.3 is 0 Å². The van der Waals surface area contributed by atoms with Gasteiger partial charge in [0, 0.05) is 35.6 Å². The van der Waals surface area contributed by atoms with Crippen molar-refractivity contribution in [2.45, 2.75) is 36.6 Å². The first kappa shape index (κ1) is 19.5. The van der Waals surface area contributed by atoms with E-state index >= 15 is 0 Å². The van der Waals surface area contributed by atoms with E-state index < -0.39 is 0 Å². The number of thioether (sulfide) groups is 1. The van der Waals surface area contributed by atoms with Crippen LogP contribution in [-0.4, -0.2) is 32.8 Å². The van der Waals surface area contributed by atoms with Gasteiger partial charge in [0.1, 0.15) is 6.33 Å². The third kappa shape index (κ3) is 3.49. The molecule has 1 aromatic heterocycles. The number of para-hydroxylation sites is 2. The Labute approximate surface area is 175 Å². The second-order valence-corrected chi connectivity index (χ2v) is 9.02. The number of likely N-dealkylation sites (N-methyl/N-ethyl adjacent to an activating group) is 1. The molecule has 0 saturated carbocycles. The van der Waals surface area contributed by atoms with Crippen LogP contribution in [0.3, 0.4) is 0 Å². The number of benzene rings is 2. The highest BCUT2D eigenvalue weighted by molar-refractivity contribution is 8.00. The Morgan fingerprint density at radius 3 is 2.52 bits per heavy atom. The molecule has 0 saturated heterocycles. The number of aromatic nitrogens is 3. The molecule has 4 rings (SSSR count). The van der Waals surface area contributed by atoms with Crippen LogP contribution in [0, 0.1) is 0 Å². The molecule has 2 heterocycles. The van der Waals surface area contributed by atoms with Crippen LogP contribution >= 0.6 is 11.8 Å². The van der Waals surface area contributed by atoms with Crippen molar-refractivity contribution in [1.82, 2.24) is 14.8 Å². The van der Waals surface area contributed by atoms with Crippen molar-refractivity contribution in [3.05, 3.63) is 78.3 Å². The van der Waals surface area contributed by atoms with Crippen molar-refractivity contribution in [3.63, 3.8) is 0 Å². The summed E-state index contributed by atoms with van der Waals surface area (Å²) < 4.78 is 1.91. The molecule has 1 unspecified atom stereocenters. The normalized spacial score (nSPS) is 17.4. The van der Waals surface area contributed by atoms with Crippen molar-refractivity contribution in [1.29, 1.82) is 0 Å². The molecule has 0 fully saturated rings. The minimum Gasteiger partial charge on any atom is -0.347 e. The van der Waals surface area contributed by atoms with Crippen molar-refractivity contribution < 1.29 is 4.79 Å². The summed E-state index contributed by atoms with van der Waals surface area (Å²) in [5, 5.41) is 8.68. The van der Waals surface area contributed by atoms with E-state index in [-0.39, 0.29) is 16.4 Å². The van der Waals surface area contributed by atoms with E-state index in [1.807, 2.05) is 61.0 Å². The van der Waals surface area contributed by atoms with Crippen molar-refractivity contribution in [2.24, 2.45) is 0 Å². The smallest absolute Gasteiger partial charge is 0.196 e. The van der Waals surface area contributed by atoms with Crippen molar-refractivity contribution in [3.8, 4) is 5.69 Å². The minimum absolute atomic E-state index is 0.0698. The fourth-order valence-corrected chi connectivity index (χ4v) is 4.66. The van der Waals surface area contributed by atoms with Gasteiger partial charge in [-0.25, -0.2) is 0 Å². The Bertz CT molecular complexity index is 1070.